The molecule has 1 unspecified atom stereocenters. The van der Waals surface area contributed by atoms with E-state index in [0.29, 0.717) is 12.3 Å². The molecule has 1 atom stereocenters. The Morgan fingerprint density at radius 3 is 2.00 bits per heavy atom. The average Bonchev–Trinajstić information content (AvgIpc) is 2.31. The highest BCUT2D eigenvalue weighted by Crippen LogP contribution is 2.15. The lowest BCUT2D eigenvalue weighted by atomic mass is 9.99. The van der Waals surface area contributed by atoms with Gasteiger partial charge in [0.1, 0.15) is 0 Å². The minimum atomic E-state index is -4.26. The summed E-state index contributed by atoms with van der Waals surface area (Å²) >= 11 is 0. The van der Waals surface area contributed by atoms with Crippen molar-refractivity contribution in [3.05, 3.63) is 0 Å². The Bertz CT molecular complexity index is 288. The van der Waals surface area contributed by atoms with E-state index in [1.54, 1.807) is 0 Å². The molecule has 0 aromatic carbocycles. The molecule has 0 bridgehead atoms. The fraction of sp³-hybridized carbons (Fsp3) is 1.00. The van der Waals surface area contributed by atoms with E-state index in [9.17, 15) is 8.42 Å². The van der Waals surface area contributed by atoms with Gasteiger partial charge in [0.05, 0.1) is 6.61 Å². The molecule has 0 fully saturated rings. The van der Waals surface area contributed by atoms with Gasteiger partial charge in [-0.25, -0.2) is 4.18 Å². The summed E-state index contributed by atoms with van der Waals surface area (Å²) in [5.41, 5.74) is 0. The van der Waals surface area contributed by atoms with Crippen LogP contribution < -0.4 is 0 Å². The molecule has 0 saturated carbocycles. The fourth-order valence-electron chi connectivity index (χ4n) is 2.13. The van der Waals surface area contributed by atoms with Crippen molar-refractivity contribution in [2.45, 2.75) is 78.1 Å². The molecule has 0 aliphatic carbocycles. The van der Waals surface area contributed by atoms with Crippen molar-refractivity contribution in [3.8, 4) is 0 Å². The van der Waals surface area contributed by atoms with Crippen molar-refractivity contribution in [2.24, 2.45) is 5.92 Å². The first-order chi connectivity index (χ1) is 8.95. The minimum absolute atomic E-state index is 0.0804. The van der Waals surface area contributed by atoms with Gasteiger partial charge in [-0.2, -0.15) is 8.42 Å². The third-order valence-electron chi connectivity index (χ3n) is 3.39. The predicted molar refractivity (Wildman–Crippen MR) is 78.5 cm³/mol. The van der Waals surface area contributed by atoms with Crippen molar-refractivity contribution >= 4 is 10.4 Å². The molecule has 0 spiro atoms. The van der Waals surface area contributed by atoms with Crippen molar-refractivity contribution in [1.29, 1.82) is 0 Å². The molecule has 0 radical (unpaired) electrons. The first kappa shape index (κ1) is 18.9. The van der Waals surface area contributed by atoms with Crippen molar-refractivity contribution in [3.63, 3.8) is 0 Å². The Morgan fingerprint density at radius 2 is 1.47 bits per heavy atom. The van der Waals surface area contributed by atoms with Crippen molar-refractivity contribution < 1.29 is 17.2 Å². The van der Waals surface area contributed by atoms with Gasteiger partial charge in [-0.15, -0.1) is 0 Å². The number of hydrogen-bond acceptors (Lipinski definition) is 3. The molecule has 0 rings (SSSR count). The van der Waals surface area contributed by atoms with Gasteiger partial charge in [0.2, 0.25) is 0 Å². The van der Waals surface area contributed by atoms with E-state index in [1.807, 2.05) is 0 Å². The summed E-state index contributed by atoms with van der Waals surface area (Å²) < 4.78 is 33.4. The molecule has 5 heteroatoms. The normalized spacial score (nSPS) is 13.6. The smallest absolute Gasteiger partial charge is 0.264 e. The maximum atomic E-state index is 10.4. The van der Waals surface area contributed by atoms with Gasteiger partial charge in [-0.05, 0) is 12.3 Å². The molecule has 0 heterocycles. The summed E-state index contributed by atoms with van der Waals surface area (Å²) in [5, 5.41) is 0. The van der Waals surface area contributed by atoms with Gasteiger partial charge in [0, 0.05) is 0 Å². The van der Waals surface area contributed by atoms with Crippen LogP contribution >= 0.6 is 0 Å². The summed E-state index contributed by atoms with van der Waals surface area (Å²) in [7, 11) is -4.26. The summed E-state index contributed by atoms with van der Waals surface area (Å²) in [6.07, 6.45) is 12.2. The lowest BCUT2D eigenvalue weighted by Gasteiger charge is -2.10. The van der Waals surface area contributed by atoms with Crippen LogP contribution in [0.3, 0.4) is 0 Å². The summed E-state index contributed by atoms with van der Waals surface area (Å²) in [4.78, 5) is 0. The number of rotatable bonds is 13. The highest BCUT2D eigenvalue weighted by molar-refractivity contribution is 7.80. The van der Waals surface area contributed by atoms with Crippen molar-refractivity contribution in [2.75, 3.05) is 6.61 Å². The highest BCUT2D eigenvalue weighted by atomic mass is 32.3. The second-order valence-electron chi connectivity index (χ2n) is 5.41. The molecule has 1 N–H and O–H groups in total. The molecular formula is C14H30O4S. The van der Waals surface area contributed by atoms with Crippen LogP contribution in [0.4, 0.5) is 0 Å². The third kappa shape index (κ3) is 15.8. The van der Waals surface area contributed by atoms with Crippen LogP contribution in [0.2, 0.25) is 0 Å². The Kier molecular flexibility index (Phi) is 11.6. The van der Waals surface area contributed by atoms with Crippen LogP contribution in [0.5, 0.6) is 0 Å². The van der Waals surface area contributed by atoms with E-state index < -0.39 is 10.4 Å². The van der Waals surface area contributed by atoms with Crippen LogP contribution in [-0.2, 0) is 14.6 Å². The Balaban J connectivity index is 3.27. The number of unbranched alkanes of at least 4 members (excludes halogenated alkanes) is 7. The monoisotopic (exact) mass is 294 g/mol. The van der Waals surface area contributed by atoms with Crippen molar-refractivity contribution in [1.82, 2.24) is 0 Å². The summed E-state index contributed by atoms with van der Waals surface area (Å²) in [6.45, 7) is 4.40. The van der Waals surface area contributed by atoms with E-state index in [0.717, 1.165) is 6.42 Å². The van der Waals surface area contributed by atoms with Crippen LogP contribution in [0.15, 0.2) is 0 Å². The molecule has 0 aromatic rings. The lowest BCUT2D eigenvalue weighted by Crippen LogP contribution is -2.08. The Labute approximate surface area is 118 Å². The predicted octanol–water partition coefficient (Wildman–Crippen LogP) is 4.36. The minimum Gasteiger partial charge on any atom is -0.264 e. The Morgan fingerprint density at radius 1 is 0.947 bits per heavy atom. The molecular weight excluding hydrogens is 264 g/mol. The van der Waals surface area contributed by atoms with Crippen LogP contribution in [0.25, 0.3) is 0 Å². The average molecular weight is 294 g/mol. The second kappa shape index (κ2) is 11.7. The van der Waals surface area contributed by atoms with Gasteiger partial charge in [-0.1, -0.05) is 71.6 Å². The Hall–Kier alpha value is -0.130. The molecule has 19 heavy (non-hydrogen) atoms. The zero-order valence-corrected chi connectivity index (χ0v) is 13.3. The molecule has 4 nitrogen and oxygen atoms in total. The molecule has 116 valence electrons. The maximum Gasteiger partial charge on any atom is 0.397 e. The third-order valence-corrected chi connectivity index (χ3v) is 3.86. The van der Waals surface area contributed by atoms with Crippen LogP contribution in [0.1, 0.15) is 78.1 Å². The van der Waals surface area contributed by atoms with Gasteiger partial charge >= 0.3 is 10.4 Å². The number of hydrogen-bond donors (Lipinski definition) is 1. The van der Waals surface area contributed by atoms with Gasteiger partial charge < -0.3 is 0 Å². The SMILES string of the molecule is CCCCCCCCCCC(C)CCOS(=O)(=O)O. The first-order valence-corrected chi connectivity index (χ1v) is 8.94. The zero-order valence-electron chi connectivity index (χ0n) is 12.4. The summed E-state index contributed by atoms with van der Waals surface area (Å²) in [5.74, 6) is 0.446. The highest BCUT2D eigenvalue weighted by Gasteiger charge is 2.07. The largest absolute Gasteiger partial charge is 0.397 e. The summed E-state index contributed by atoms with van der Waals surface area (Å²) in [6, 6.07) is 0. The molecule has 0 aliphatic rings. The standard InChI is InChI=1S/C14H30O4S/c1-3-4-5-6-7-8-9-10-11-14(2)12-13-18-19(15,16)17/h14H,3-13H2,1-2H3,(H,15,16,17). The van der Waals surface area contributed by atoms with Crippen LogP contribution in [0, 0.1) is 5.92 Å². The molecule has 0 aliphatic heterocycles. The van der Waals surface area contributed by atoms with Crippen LogP contribution in [-0.4, -0.2) is 19.6 Å². The van der Waals surface area contributed by atoms with E-state index in [2.05, 4.69) is 18.0 Å². The second-order valence-corrected chi connectivity index (χ2v) is 6.50. The first-order valence-electron chi connectivity index (χ1n) is 7.57. The molecule has 0 saturated heterocycles. The van der Waals surface area contributed by atoms with E-state index >= 15 is 0 Å². The van der Waals surface area contributed by atoms with Gasteiger partial charge in [-0.3, -0.25) is 4.55 Å². The molecule has 0 aromatic heterocycles. The quantitative estimate of drug-likeness (QED) is 0.405. The van der Waals surface area contributed by atoms with E-state index in [4.69, 9.17) is 4.55 Å². The van der Waals surface area contributed by atoms with E-state index in [1.165, 1.54) is 51.4 Å². The molecule has 0 amide bonds. The van der Waals surface area contributed by atoms with Gasteiger partial charge in [0.15, 0.2) is 0 Å². The lowest BCUT2D eigenvalue weighted by molar-refractivity contribution is 0.245. The topological polar surface area (TPSA) is 63.6 Å². The zero-order chi connectivity index (χ0) is 14.6. The maximum absolute atomic E-state index is 10.4. The van der Waals surface area contributed by atoms with E-state index in [-0.39, 0.29) is 6.61 Å². The fourth-order valence-corrected chi connectivity index (χ4v) is 2.43. The van der Waals surface area contributed by atoms with Gasteiger partial charge in [0.25, 0.3) is 0 Å².